The third-order valence-corrected chi connectivity index (χ3v) is 15.9. The molecule has 0 fully saturated rings. The number of rotatable bonds is 6. The molecule has 0 radical (unpaired) electrons. The van der Waals surface area contributed by atoms with Gasteiger partial charge in [0.25, 0.3) is 6.71 Å². The normalized spacial score (nSPS) is 15.9. The first kappa shape index (κ1) is 33.1. The first-order valence-electron chi connectivity index (χ1n) is 34.6. The van der Waals surface area contributed by atoms with Crippen LogP contribution in [-0.2, 0) is 10.8 Å². The molecule has 4 nitrogen and oxygen atoms in total. The van der Waals surface area contributed by atoms with Gasteiger partial charge in [-0.1, -0.05) is 205 Å². The summed E-state index contributed by atoms with van der Waals surface area (Å²) in [6.45, 7) is 12.4. The van der Waals surface area contributed by atoms with Gasteiger partial charge in [-0.05, 0) is 134 Å². The second-order valence-electron chi connectivity index (χ2n) is 22.6. The van der Waals surface area contributed by atoms with Gasteiger partial charge in [0.1, 0.15) is 0 Å². The van der Waals surface area contributed by atoms with E-state index in [1.54, 1.807) is 0 Å². The molecule has 2 aliphatic rings. The fraction of sp³-hybridized carbons (Fsp3) is 0.108. The molecular formula is C74H59BN4. The van der Waals surface area contributed by atoms with Crippen LogP contribution in [-0.4, -0.2) is 15.8 Å². The van der Waals surface area contributed by atoms with Crippen molar-refractivity contribution in [1.29, 1.82) is 0 Å². The van der Waals surface area contributed by atoms with Gasteiger partial charge in [-0.2, -0.15) is 0 Å². The maximum Gasteiger partial charge on any atom is 0.252 e. The largest absolute Gasteiger partial charge is 0.311 e. The van der Waals surface area contributed by atoms with Crippen LogP contribution in [0.25, 0.3) is 77.2 Å². The quantitative estimate of drug-likeness (QED) is 0.154. The van der Waals surface area contributed by atoms with E-state index in [0.29, 0.717) is 22.7 Å². The zero-order chi connectivity index (χ0) is 67.2. The van der Waals surface area contributed by atoms with E-state index in [1.807, 2.05) is 78.9 Å². The minimum atomic E-state index is -0.634. The zero-order valence-corrected chi connectivity index (χ0v) is 44.3. The van der Waals surface area contributed by atoms with Gasteiger partial charge in [0.2, 0.25) is 0 Å². The first-order chi connectivity index (χ1) is 45.1. The number of hydrogen-bond donors (Lipinski definition) is 0. The second kappa shape index (κ2) is 17.6. The van der Waals surface area contributed by atoms with Crippen molar-refractivity contribution in [3.63, 3.8) is 0 Å². The van der Waals surface area contributed by atoms with Gasteiger partial charge in [0.15, 0.2) is 0 Å². The minimum absolute atomic E-state index is 0.0276. The molecule has 13 aromatic rings. The van der Waals surface area contributed by atoms with Crippen molar-refractivity contribution in [2.45, 2.75) is 52.4 Å². The lowest BCUT2D eigenvalue weighted by Crippen LogP contribution is -2.61. The number of anilines is 6. The molecule has 0 N–H and O–H groups in total. The molecule has 15 rings (SSSR count). The van der Waals surface area contributed by atoms with Crippen LogP contribution in [0, 0.1) is 0 Å². The van der Waals surface area contributed by atoms with E-state index >= 15 is 0 Å². The van der Waals surface area contributed by atoms with Gasteiger partial charge >= 0.3 is 0 Å². The third kappa shape index (κ3) is 7.29. The maximum atomic E-state index is 9.55. The highest BCUT2D eigenvalue weighted by Gasteiger charge is 2.44. The number of benzene rings is 11. The van der Waals surface area contributed by atoms with E-state index in [-0.39, 0.29) is 54.4 Å². The summed E-state index contributed by atoms with van der Waals surface area (Å²) in [7, 11) is 0. The van der Waals surface area contributed by atoms with E-state index in [0.717, 1.165) is 72.5 Å². The van der Waals surface area contributed by atoms with Gasteiger partial charge in [-0.3, -0.25) is 0 Å². The predicted molar refractivity (Wildman–Crippen MR) is 337 cm³/mol. The Labute approximate surface area is 485 Å². The van der Waals surface area contributed by atoms with Crippen LogP contribution >= 0.6 is 0 Å². The summed E-state index contributed by atoms with van der Waals surface area (Å²) in [5.41, 5.74) is 12.6. The first-order valence-corrected chi connectivity index (χ1v) is 26.6. The Hall–Kier alpha value is -9.32. The van der Waals surface area contributed by atoms with E-state index in [1.165, 1.54) is 9.13 Å². The lowest BCUT2D eigenvalue weighted by atomic mass is 9.33. The van der Waals surface area contributed by atoms with Crippen molar-refractivity contribution in [3.05, 3.63) is 259 Å². The number of hydrogen-bond acceptors (Lipinski definition) is 2. The third-order valence-electron chi connectivity index (χ3n) is 15.9. The summed E-state index contributed by atoms with van der Waals surface area (Å²) in [5.74, 6) is 0. The summed E-state index contributed by atoms with van der Waals surface area (Å²) >= 11 is 0. The molecule has 0 saturated carbocycles. The molecular weight excluding hydrogens is 956 g/mol. The van der Waals surface area contributed by atoms with Gasteiger partial charge in [0, 0.05) is 66.8 Å². The summed E-state index contributed by atoms with van der Waals surface area (Å²) in [6, 6.07) is 42.9. The van der Waals surface area contributed by atoms with Crippen molar-refractivity contribution >= 4 is 101 Å². The Kier molecular flexibility index (Phi) is 7.37. The van der Waals surface area contributed by atoms with Crippen LogP contribution in [0.1, 0.15) is 74.6 Å². The van der Waals surface area contributed by atoms with E-state index in [9.17, 15) is 11.0 Å². The van der Waals surface area contributed by atoms with Gasteiger partial charge in [0.05, 0.1) is 55.4 Å². The zero-order valence-electron chi connectivity index (χ0n) is 60.3. The predicted octanol–water partition coefficient (Wildman–Crippen LogP) is 17.9. The number of aromatic nitrogens is 2. The minimum Gasteiger partial charge on any atom is -0.311 e. The summed E-state index contributed by atoms with van der Waals surface area (Å²) in [5, 5.41) is -0.209. The number of nitrogens with zero attached hydrogens (tertiary/aromatic N) is 4. The molecule has 0 aliphatic carbocycles. The highest BCUT2D eigenvalue weighted by atomic mass is 15.2. The Morgan fingerprint density at radius 3 is 1.08 bits per heavy atom. The molecule has 0 bridgehead atoms. The SMILES string of the molecule is [2H]c1c([2H])c([2H])c2c(c1[2H])c1c([2H])c([2H])c([2H])c([2H])c1n2-c1ccc2c(c1)N(c1ccc(C(C)(C)C)cc1-c1ccccc1)c1cccc3c1B2c1ccc(-n2c4c([2H])c([2H])c([2H])c([2H])c4c4c([2H])c([2H])c([2H])c([2H])c42)cc1N3c1ccc(C(C)(C)C)cc1-c1ccccc1. The van der Waals surface area contributed by atoms with Crippen LogP contribution in [0.4, 0.5) is 34.1 Å². The summed E-state index contributed by atoms with van der Waals surface area (Å²) in [4.78, 5) is 4.44. The van der Waals surface area contributed by atoms with Crippen LogP contribution < -0.4 is 26.2 Å². The molecule has 0 unspecified atom stereocenters. The smallest absolute Gasteiger partial charge is 0.252 e. The molecule has 378 valence electrons. The fourth-order valence-electron chi connectivity index (χ4n) is 12.2. The fourth-order valence-corrected chi connectivity index (χ4v) is 12.2. The summed E-state index contributed by atoms with van der Waals surface area (Å²) < 4.78 is 150. The van der Waals surface area contributed by atoms with Gasteiger partial charge in [-0.25, -0.2) is 0 Å². The number of fused-ring (bicyclic) bond motifs is 10. The topological polar surface area (TPSA) is 16.3 Å². The summed E-state index contributed by atoms with van der Waals surface area (Å²) in [6.07, 6.45) is 0. The van der Waals surface area contributed by atoms with Crippen molar-refractivity contribution in [2.75, 3.05) is 9.80 Å². The van der Waals surface area contributed by atoms with E-state index in [4.69, 9.17) is 11.0 Å². The molecule has 79 heavy (non-hydrogen) atoms. The van der Waals surface area contributed by atoms with Crippen molar-refractivity contribution < 1.29 is 21.9 Å². The molecule has 0 saturated heterocycles. The second-order valence-corrected chi connectivity index (χ2v) is 22.6. The van der Waals surface area contributed by atoms with Crippen LogP contribution in [0.2, 0.25) is 0 Å². The Bertz CT molecular complexity index is 5070. The van der Waals surface area contributed by atoms with Crippen molar-refractivity contribution in [3.8, 4) is 33.6 Å². The van der Waals surface area contributed by atoms with E-state index < -0.39 is 103 Å². The van der Waals surface area contributed by atoms with E-state index in [2.05, 4.69) is 124 Å². The molecule has 0 atom stereocenters. The maximum absolute atomic E-state index is 9.55. The highest BCUT2D eigenvalue weighted by Crippen LogP contribution is 2.50. The molecule has 5 heteroatoms. The van der Waals surface area contributed by atoms with Crippen molar-refractivity contribution in [2.24, 2.45) is 0 Å². The highest BCUT2D eigenvalue weighted by molar-refractivity contribution is 7.00. The Morgan fingerprint density at radius 1 is 0.342 bits per heavy atom. The van der Waals surface area contributed by atoms with Crippen LogP contribution in [0.15, 0.2) is 248 Å². The molecule has 4 heterocycles. The lowest BCUT2D eigenvalue weighted by molar-refractivity contribution is 0.590. The molecule has 2 aromatic heterocycles. The van der Waals surface area contributed by atoms with Crippen LogP contribution in [0.5, 0.6) is 0 Å². The molecule has 0 spiro atoms. The average molecular weight is 1030 g/mol. The lowest BCUT2D eigenvalue weighted by Gasteiger charge is -2.45. The average Bonchev–Trinajstić information content (AvgIpc) is 1.70. The monoisotopic (exact) mass is 1030 g/mol. The molecule has 11 aromatic carbocycles. The van der Waals surface area contributed by atoms with Gasteiger partial charge < -0.3 is 18.9 Å². The van der Waals surface area contributed by atoms with Crippen LogP contribution in [0.3, 0.4) is 0 Å². The molecule has 0 amide bonds. The standard InChI is InChI=1S/C74H59BN4/c1-73(2,3)50-36-42-66(58(44-50)48-22-9-7-10-23-48)78-68-34-21-35-69-72(68)75(60-40-38-52(46-70(60)78)76-62-30-17-13-26-54(62)55-27-14-18-31-63(55)76)61-41-39-53(77-64-32-19-15-28-56(64)57-29-16-20-33-65(57)77)47-71(61)79(69)67-43-37-51(74(4,5)6)45-59(67)49-24-11-8-12-25-49/h7-47H,1-6H3/i13D,14D,15D,16D,17D,18D,19D,20D,26D,27D,28D,29D,30D,31D,32D,33D. The Balaban J connectivity index is 1.11. The Morgan fingerprint density at radius 2 is 0.709 bits per heavy atom. The number of para-hydroxylation sites is 4. The van der Waals surface area contributed by atoms with Crippen molar-refractivity contribution in [1.82, 2.24) is 9.13 Å². The molecule has 2 aliphatic heterocycles. The van der Waals surface area contributed by atoms with Gasteiger partial charge in [-0.15, -0.1) is 0 Å².